The van der Waals surface area contributed by atoms with Crippen LogP contribution in [-0.2, 0) is 0 Å². The Morgan fingerprint density at radius 2 is 2.14 bits per heavy atom. The van der Waals surface area contributed by atoms with E-state index in [9.17, 15) is 5.11 Å². The van der Waals surface area contributed by atoms with Crippen molar-refractivity contribution in [1.82, 2.24) is 0 Å². The van der Waals surface area contributed by atoms with E-state index in [1.165, 1.54) is 18.4 Å². The summed E-state index contributed by atoms with van der Waals surface area (Å²) in [6.07, 6.45) is 7.90. The second-order valence-corrected chi connectivity index (χ2v) is 3.72. The fraction of sp³-hybridized carbons (Fsp3) is 0.583. The van der Waals surface area contributed by atoms with E-state index < -0.39 is 0 Å². The second kappa shape index (κ2) is 5.63. The minimum absolute atomic E-state index is 0.421. The zero-order valence-corrected chi connectivity index (χ0v) is 9.08. The molecule has 2 nitrogen and oxygen atoms in total. The minimum Gasteiger partial charge on any atom is -0.512 e. The number of hydrogen-bond acceptors (Lipinski definition) is 2. The van der Waals surface area contributed by atoms with E-state index in [2.05, 4.69) is 11.9 Å². The Labute approximate surface area is 86.1 Å². The molecule has 0 amide bonds. The molecule has 0 saturated heterocycles. The molecular weight excluding hydrogens is 174 g/mol. The van der Waals surface area contributed by atoms with Crippen LogP contribution in [0, 0.1) is 0 Å². The summed E-state index contributed by atoms with van der Waals surface area (Å²) >= 11 is 0. The van der Waals surface area contributed by atoms with Gasteiger partial charge in [0, 0.05) is 18.7 Å². The van der Waals surface area contributed by atoms with Crippen molar-refractivity contribution in [2.24, 2.45) is 4.99 Å². The van der Waals surface area contributed by atoms with Crippen molar-refractivity contribution in [3.8, 4) is 0 Å². The van der Waals surface area contributed by atoms with Crippen LogP contribution >= 0.6 is 0 Å². The molecule has 0 fully saturated rings. The van der Waals surface area contributed by atoms with Gasteiger partial charge in [0.25, 0.3) is 0 Å². The standard InChI is InChI=1S/C12H19NO/c1-3-4-5-8-13-12-9-11(14)7-6-10(12)2/h6-7,14H,3-5,8-9H2,1-2H3/b13-12+. The fourth-order valence-electron chi connectivity index (χ4n) is 1.44. The molecule has 78 valence electrons. The summed E-state index contributed by atoms with van der Waals surface area (Å²) in [5.74, 6) is 0.421. The van der Waals surface area contributed by atoms with Gasteiger partial charge in [-0.05, 0) is 25.0 Å². The highest BCUT2D eigenvalue weighted by molar-refractivity contribution is 6.02. The van der Waals surface area contributed by atoms with Gasteiger partial charge in [-0.15, -0.1) is 0 Å². The first kappa shape index (κ1) is 11.0. The lowest BCUT2D eigenvalue weighted by molar-refractivity contribution is 0.404. The summed E-state index contributed by atoms with van der Waals surface area (Å²) in [4.78, 5) is 4.50. The average molecular weight is 193 g/mol. The van der Waals surface area contributed by atoms with Crippen LogP contribution in [0.1, 0.15) is 39.5 Å². The van der Waals surface area contributed by atoms with Crippen molar-refractivity contribution in [1.29, 1.82) is 0 Å². The molecule has 0 saturated carbocycles. The lowest BCUT2D eigenvalue weighted by atomic mass is 10.0. The molecule has 0 heterocycles. The molecule has 0 atom stereocenters. The Hall–Kier alpha value is -1.05. The first-order chi connectivity index (χ1) is 6.74. The molecular formula is C12H19NO. The first-order valence-electron chi connectivity index (χ1n) is 5.34. The first-order valence-corrected chi connectivity index (χ1v) is 5.34. The Bertz CT molecular complexity index is 274. The van der Waals surface area contributed by atoms with E-state index in [1.54, 1.807) is 6.08 Å². The van der Waals surface area contributed by atoms with Gasteiger partial charge in [0.1, 0.15) is 0 Å². The maximum Gasteiger partial charge on any atom is 0.0982 e. The van der Waals surface area contributed by atoms with Crippen LogP contribution < -0.4 is 0 Å². The van der Waals surface area contributed by atoms with Gasteiger partial charge in [-0.25, -0.2) is 0 Å². The molecule has 1 rings (SSSR count). The zero-order chi connectivity index (χ0) is 10.4. The van der Waals surface area contributed by atoms with E-state index in [0.717, 1.165) is 18.7 Å². The highest BCUT2D eigenvalue weighted by Crippen LogP contribution is 2.14. The number of rotatable bonds is 4. The molecule has 1 aliphatic rings. The molecule has 1 N–H and O–H groups in total. The normalized spacial score (nSPS) is 19.4. The van der Waals surface area contributed by atoms with Crippen molar-refractivity contribution < 1.29 is 5.11 Å². The molecule has 0 aromatic heterocycles. The third kappa shape index (κ3) is 3.36. The highest BCUT2D eigenvalue weighted by Gasteiger charge is 2.08. The average Bonchev–Trinajstić information content (AvgIpc) is 2.18. The number of aliphatic imine (C=N–C) groups is 1. The third-order valence-electron chi connectivity index (χ3n) is 2.39. The van der Waals surface area contributed by atoms with Crippen LogP contribution in [0.2, 0.25) is 0 Å². The van der Waals surface area contributed by atoms with Crippen LogP contribution in [0.4, 0.5) is 0 Å². The predicted molar refractivity (Wildman–Crippen MR) is 60.9 cm³/mol. The summed E-state index contributed by atoms with van der Waals surface area (Å²) in [6, 6.07) is 0. The number of nitrogens with zero attached hydrogens (tertiary/aromatic N) is 1. The maximum absolute atomic E-state index is 9.34. The van der Waals surface area contributed by atoms with Crippen LogP contribution in [0.3, 0.4) is 0 Å². The molecule has 0 aromatic carbocycles. The van der Waals surface area contributed by atoms with E-state index in [4.69, 9.17) is 0 Å². The van der Waals surface area contributed by atoms with Crippen molar-refractivity contribution in [2.45, 2.75) is 39.5 Å². The molecule has 0 spiro atoms. The van der Waals surface area contributed by atoms with Crippen molar-refractivity contribution in [2.75, 3.05) is 6.54 Å². The smallest absolute Gasteiger partial charge is 0.0982 e. The molecule has 1 aliphatic carbocycles. The second-order valence-electron chi connectivity index (χ2n) is 3.72. The lowest BCUT2D eigenvalue weighted by Gasteiger charge is -2.10. The van der Waals surface area contributed by atoms with Gasteiger partial charge >= 0.3 is 0 Å². The Morgan fingerprint density at radius 1 is 1.36 bits per heavy atom. The number of hydrogen-bond donors (Lipinski definition) is 1. The van der Waals surface area contributed by atoms with Gasteiger partial charge in [0.15, 0.2) is 0 Å². The monoisotopic (exact) mass is 193 g/mol. The van der Waals surface area contributed by atoms with E-state index >= 15 is 0 Å². The summed E-state index contributed by atoms with van der Waals surface area (Å²) in [7, 11) is 0. The number of unbranched alkanes of at least 4 members (excludes halogenated alkanes) is 2. The molecule has 0 unspecified atom stereocenters. The summed E-state index contributed by atoms with van der Waals surface area (Å²) in [6.45, 7) is 5.12. The molecule has 14 heavy (non-hydrogen) atoms. The van der Waals surface area contributed by atoms with Gasteiger partial charge in [0.05, 0.1) is 5.76 Å². The largest absolute Gasteiger partial charge is 0.512 e. The van der Waals surface area contributed by atoms with Crippen LogP contribution in [-0.4, -0.2) is 17.4 Å². The zero-order valence-electron chi connectivity index (χ0n) is 9.08. The van der Waals surface area contributed by atoms with E-state index in [0.29, 0.717) is 12.2 Å². The summed E-state index contributed by atoms with van der Waals surface area (Å²) < 4.78 is 0. The molecule has 0 radical (unpaired) electrons. The van der Waals surface area contributed by atoms with Crippen LogP contribution in [0.15, 0.2) is 28.5 Å². The van der Waals surface area contributed by atoms with Gasteiger partial charge in [-0.1, -0.05) is 25.8 Å². The Balaban J connectivity index is 2.45. The molecule has 2 heteroatoms. The summed E-state index contributed by atoms with van der Waals surface area (Å²) in [5.41, 5.74) is 2.22. The minimum atomic E-state index is 0.421. The van der Waals surface area contributed by atoms with Gasteiger partial charge < -0.3 is 5.11 Å². The summed E-state index contributed by atoms with van der Waals surface area (Å²) in [5, 5.41) is 9.34. The van der Waals surface area contributed by atoms with Gasteiger partial charge in [-0.3, -0.25) is 4.99 Å². The molecule has 0 bridgehead atoms. The molecule has 0 aromatic rings. The predicted octanol–water partition coefficient (Wildman–Crippen LogP) is 3.41. The van der Waals surface area contributed by atoms with Crippen LogP contribution in [0.25, 0.3) is 0 Å². The SMILES string of the molecule is CCCCC/N=C1\CC(O)=CC=C1C. The highest BCUT2D eigenvalue weighted by atomic mass is 16.3. The van der Waals surface area contributed by atoms with Crippen molar-refractivity contribution >= 4 is 5.71 Å². The lowest BCUT2D eigenvalue weighted by Crippen LogP contribution is -2.07. The number of aliphatic hydroxyl groups is 1. The maximum atomic E-state index is 9.34. The van der Waals surface area contributed by atoms with Crippen LogP contribution in [0.5, 0.6) is 0 Å². The number of aliphatic hydroxyl groups excluding tert-OH is 1. The van der Waals surface area contributed by atoms with Gasteiger partial charge in [0.2, 0.25) is 0 Å². The Morgan fingerprint density at radius 3 is 2.86 bits per heavy atom. The third-order valence-corrected chi connectivity index (χ3v) is 2.39. The van der Waals surface area contributed by atoms with Crippen molar-refractivity contribution in [3.05, 3.63) is 23.5 Å². The van der Waals surface area contributed by atoms with E-state index in [1.807, 2.05) is 13.0 Å². The quantitative estimate of drug-likeness (QED) is 0.682. The topological polar surface area (TPSA) is 32.6 Å². The van der Waals surface area contributed by atoms with E-state index in [-0.39, 0.29) is 0 Å². The number of allylic oxidation sites excluding steroid dienone is 4. The van der Waals surface area contributed by atoms with Crippen molar-refractivity contribution in [3.63, 3.8) is 0 Å². The van der Waals surface area contributed by atoms with Gasteiger partial charge in [-0.2, -0.15) is 0 Å². The fourth-order valence-corrected chi connectivity index (χ4v) is 1.44. The Kier molecular flexibility index (Phi) is 4.44. The molecule has 0 aliphatic heterocycles.